The maximum Gasteiger partial charge on any atom is 0.257 e. The lowest BCUT2D eigenvalue weighted by molar-refractivity contribution is -0.131. The zero-order valence-electron chi connectivity index (χ0n) is 8.44. The SMILES string of the molecule is CC(C)C(C)NC(=O)C(C)(C)F. The lowest BCUT2D eigenvalue weighted by atomic mass is 10.0. The Morgan fingerprint density at radius 2 is 1.75 bits per heavy atom. The summed E-state index contributed by atoms with van der Waals surface area (Å²) in [6, 6.07) is 0.0209. The fourth-order valence-electron chi connectivity index (χ4n) is 0.545. The van der Waals surface area contributed by atoms with Crippen LogP contribution in [0.2, 0.25) is 0 Å². The fourth-order valence-corrected chi connectivity index (χ4v) is 0.545. The number of carbonyl (C=O) groups excluding carboxylic acids is 1. The number of alkyl halides is 1. The fraction of sp³-hybridized carbons (Fsp3) is 0.889. The first kappa shape index (κ1) is 11.4. The summed E-state index contributed by atoms with van der Waals surface area (Å²) in [5.74, 6) is -0.208. The van der Waals surface area contributed by atoms with Gasteiger partial charge in [-0.2, -0.15) is 0 Å². The normalized spacial score (nSPS) is 14.6. The van der Waals surface area contributed by atoms with Crippen LogP contribution in [0.4, 0.5) is 4.39 Å². The Morgan fingerprint density at radius 1 is 1.33 bits per heavy atom. The van der Waals surface area contributed by atoms with E-state index in [0.29, 0.717) is 5.92 Å². The molecule has 1 unspecified atom stereocenters. The second-order valence-corrected chi connectivity index (χ2v) is 3.98. The summed E-state index contributed by atoms with van der Waals surface area (Å²) in [5.41, 5.74) is -1.77. The van der Waals surface area contributed by atoms with Gasteiger partial charge in [0.1, 0.15) is 0 Å². The maximum atomic E-state index is 13.0. The Kier molecular flexibility index (Phi) is 3.68. The number of carbonyl (C=O) groups is 1. The first-order valence-corrected chi connectivity index (χ1v) is 4.25. The molecule has 0 aliphatic carbocycles. The number of halogens is 1. The van der Waals surface area contributed by atoms with E-state index in [-0.39, 0.29) is 6.04 Å². The van der Waals surface area contributed by atoms with Crippen LogP contribution in [0.15, 0.2) is 0 Å². The van der Waals surface area contributed by atoms with E-state index in [0.717, 1.165) is 0 Å². The summed E-state index contributed by atoms with van der Waals surface area (Å²) in [6.07, 6.45) is 0. The van der Waals surface area contributed by atoms with Crippen LogP contribution in [0.5, 0.6) is 0 Å². The molecule has 0 heterocycles. The van der Waals surface area contributed by atoms with E-state index in [4.69, 9.17) is 0 Å². The first-order chi connectivity index (χ1) is 5.25. The molecule has 0 fully saturated rings. The van der Waals surface area contributed by atoms with Crippen LogP contribution in [0, 0.1) is 5.92 Å². The van der Waals surface area contributed by atoms with Crippen molar-refractivity contribution in [3.8, 4) is 0 Å². The summed E-state index contributed by atoms with van der Waals surface area (Å²) in [5, 5.41) is 2.61. The molecule has 0 bridgehead atoms. The third-order valence-corrected chi connectivity index (χ3v) is 1.90. The molecule has 0 saturated heterocycles. The minimum Gasteiger partial charge on any atom is -0.351 e. The summed E-state index contributed by atoms with van der Waals surface area (Å²) in [4.78, 5) is 11.1. The molecule has 0 saturated carbocycles. The van der Waals surface area contributed by atoms with Gasteiger partial charge in [-0.3, -0.25) is 4.79 Å². The molecule has 1 N–H and O–H groups in total. The largest absolute Gasteiger partial charge is 0.351 e. The second kappa shape index (κ2) is 3.87. The molecule has 3 heteroatoms. The molecule has 0 aromatic rings. The van der Waals surface area contributed by atoms with Gasteiger partial charge in [0.15, 0.2) is 5.67 Å². The maximum absolute atomic E-state index is 13.0. The number of hydrogen-bond donors (Lipinski definition) is 1. The molecule has 0 spiro atoms. The molecule has 0 rings (SSSR count). The van der Waals surface area contributed by atoms with Crippen molar-refractivity contribution in [3.63, 3.8) is 0 Å². The molecule has 72 valence electrons. The highest BCUT2D eigenvalue weighted by Gasteiger charge is 2.27. The van der Waals surface area contributed by atoms with Gasteiger partial charge in [0.05, 0.1) is 0 Å². The van der Waals surface area contributed by atoms with Gasteiger partial charge in [-0.25, -0.2) is 4.39 Å². The van der Waals surface area contributed by atoms with E-state index in [9.17, 15) is 9.18 Å². The van der Waals surface area contributed by atoms with Crippen molar-refractivity contribution in [2.24, 2.45) is 5.92 Å². The van der Waals surface area contributed by atoms with E-state index >= 15 is 0 Å². The van der Waals surface area contributed by atoms with Crippen LogP contribution < -0.4 is 5.32 Å². The standard InChI is InChI=1S/C9H18FNO/c1-6(2)7(3)11-8(12)9(4,5)10/h6-7H,1-5H3,(H,11,12). The van der Waals surface area contributed by atoms with Gasteiger partial charge < -0.3 is 5.32 Å². The third kappa shape index (κ3) is 3.69. The topological polar surface area (TPSA) is 29.1 Å². The molecule has 0 radical (unpaired) electrons. The molecule has 0 aliphatic heterocycles. The van der Waals surface area contributed by atoms with E-state index in [1.165, 1.54) is 13.8 Å². The van der Waals surface area contributed by atoms with Crippen LogP contribution in [0.1, 0.15) is 34.6 Å². The van der Waals surface area contributed by atoms with Gasteiger partial charge in [0, 0.05) is 6.04 Å². The third-order valence-electron chi connectivity index (χ3n) is 1.90. The average Bonchev–Trinajstić information content (AvgIpc) is 1.85. The summed E-state index contributed by atoms with van der Waals surface area (Å²) in [7, 11) is 0. The van der Waals surface area contributed by atoms with Crippen molar-refractivity contribution >= 4 is 5.91 Å². The predicted octanol–water partition coefficient (Wildman–Crippen LogP) is 1.90. The Hall–Kier alpha value is -0.600. The number of nitrogens with one attached hydrogen (secondary N) is 1. The van der Waals surface area contributed by atoms with Gasteiger partial charge in [0.25, 0.3) is 5.91 Å². The van der Waals surface area contributed by atoms with Gasteiger partial charge >= 0.3 is 0 Å². The van der Waals surface area contributed by atoms with E-state index in [1.54, 1.807) is 0 Å². The highest BCUT2D eigenvalue weighted by Crippen LogP contribution is 2.09. The zero-order valence-corrected chi connectivity index (χ0v) is 8.44. The van der Waals surface area contributed by atoms with E-state index in [2.05, 4.69) is 5.32 Å². The van der Waals surface area contributed by atoms with Crippen molar-refractivity contribution in [1.29, 1.82) is 0 Å². The highest BCUT2D eigenvalue weighted by atomic mass is 19.1. The van der Waals surface area contributed by atoms with Crippen molar-refractivity contribution in [1.82, 2.24) is 5.32 Å². The van der Waals surface area contributed by atoms with Crippen molar-refractivity contribution in [2.45, 2.75) is 46.3 Å². The first-order valence-electron chi connectivity index (χ1n) is 4.25. The van der Waals surface area contributed by atoms with Crippen LogP contribution in [0.3, 0.4) is 0 Å². The van der Waals surface area contributed by atoms with E-state index < -0.39 is 11.6 Å². The summed E-state index contributed by atoms with van der Waals surface area (Å²) < 4.78 is 13.0. The molecule has 2 nitrogen and oxygen atoms in total. The molecule has 0 aromatic heterocycles. The second-order valence-electron chi connectivity index (χ2n) is 3.98. The summed E-state index contributed by atoms with van der Waals surface area (Å²) in [6.45, 7) is 8.35. The van der Waals surface area contributed by atoms with Crippen LogP contribution in [-0.4, -0.2) is 17.6 Å². The zero-order chi connectivity index (χ0) is 9.94. The predicted molar refractivity (Wildman–Crippen MR) is 47.6 cm³/mol. The Morgan fingerprint density at radius 3 is 2.00 bits per heavy atom. The molecular formula is C9H18FNO. The van der Waals surface area contributed by atoms with Gasteiger partial charge in [0.2, 0.25) is 0 Å². The van der Waals surface area contributed by atoms with Crippen molar-refractivity contribution < 1.29 is 9.18 Å². The van der Waals surface area contributed by atoms with Crippen LogP contribution in [0.25, 0.3) is 0 Å². The molecule has 0 aromatic carbocycles. The quantitative estimate of drug-likeness (QED) is 0.697. The number of amides is 1. The molecule has 1 atom stereocenters. The Balaban J connectivity index is 4.02. The number of rotatable bonds is 3. The smallest absolute Gasteiger partial charge is 0.257 e. The van der Waals surface area contributed by atoms with Crippen LogP contribution >= 0.6 is 0 Å². The minimum atomic E-state index is -1.77. The van der Waals surface area contributed by atoms with Crippen molar-refractivity contribution in [3.05, 3.63) is 0 Å². The van der Waals surface area contributed by atoms with Gasteiger partial charge in [-0.05, 0) is 26.7 Å². The molecule has 12 heavy (non-hydrogen) atoms. The van der Waals surface area contributed by atoms with Gasteiger partial charge in [-0.1, -0.05) is 13.8 Å². The Bertz CT molecular complexity index is 160. The lowest BCUT2D eigenvalue weighted by Gasteiger charge is -2.21. The Labute approximate surface area is 73.5 Å². The monoisotopic (exact) mass is 175 g/mol. The number of hydrogen-bond acceptors (Lipinski definition) is 1. The highest BCUT2D eigenvalue weighted by molar-refractivity contribution is 5.84. The molecule has 1 amide bonds. The van der Waals surface area contributed by atoms with Gasteiger partial charge in [-0.15, -0.1) is 0 Å². The molecule has 0 aliphatic rings. The minimum absolute atomic E-state index is 0.0209. The molecular weight excluding hydrogens is 157 g/mol. The van der Waals surface area contributed by atoms with Crippen molar-refractivity contribution in [2.75, 3.05) is 0 Å². The van der Waals surface area contributed by atoms with Crippen LogP contribution in [-0.2, 0) is 4.79 Å². The summed E-state index contributed by atoms with van der Waals surface area (Å²) >= 11 is 0. The average molecular weight is 175 g/mol. The van der Waals surface area contributed by atoms with E-state index in [1.807, 2.05) is 20.8 Å². The lowest BCUT2D eigenvalue weighted by Crippen LogP contribution is -2.45.